The lowest BCUT2D eigenvalue weighted by molar-refractivity contribution is 0.592. The molecule has 0 aliphatic rings. The van der Waals surface area contributed by atoms with Crippen LogP contribution in [0.4, 0.5) is 0 Å². The SMILES string of the molecule is O=P(c1ccccc1)(c1ccccc1)c1cccc2cccc(-c3ccc4nc5c6ccccc6c6ccccc6n5c4c3)c12. The molecule has 0 amide bonds. The molecule has 0 atom stereocenters. The fraction of sp³-hybridized carbons (Fsp3) is 0. The summed E-state index contributed by atoms with van der Waals surface area (Å²) >= 11 is 0. The van der Waals surface area contributed by atoms with Crippen molar-refractivity contribution >= 4 is 72.2 Å². The quantitative estimate of drug-likeness (QED) is 0.150. The third-order valence-electron chi connectivity index (χ3n) is 9.03. The van der Waals surface area contributed by atoms with Gasteiger partial charge < -0.3 is 4.57 Å². The minimum atomic E-state index is -3.22. The van der Waals surface area contributed by atoms with E-state index >= 15 is 4.57 Å². The molecule has 3 nitrogen and oxygen atoms in total. The molecule has 4 heteroatoms. The number of aromatic nitrogens is 2. The number of rotatable bonds is 4. The maximum Gasteiger partial charge on any atom is 0.171 e. The van der Waals surface area contributed by atoms with Gasteiger partial charge in [0.05, 0.1) is 16.6 Å². The zero-order valence-electron chi connectivity index (χ0n) is 24.3. The van der Waals surface area contributed by atoms with Crippen molar-refractivity contribution in [2.45, 2.75) is 0 Å². The molecular weight excluding hydrogens is 567 g/mol. The first kappa shape index (κ1) is 25.9. The van der Waals surface area contributed by atoms with Crippen molar-refractivity contribution < 1.29 is 4.57 Å². The molecule has 0 saturated carbocycles. The highest BCUT2D eigenvalue weighted by Crippen LogP contribution is 2.46. The minimum absolute atomic E-state index is 0.828. The van der Waals surface area contributed by atoms with E-state index in [1.165, 1.54) is 10.8 Å². The Morgan fingerprint density at radius 3 is 1.87 bits per heavy atom. The number of hydrogen-bond donors (Lipinski definition) is 0. The Labute approximate surface area is 260 Å². The molecule has 0 fully saturated rings. The summed E-state index contributed by atoms with van der Waals surface area (Å²) in [4.78, 5) is 5.15. The zero-order valence-corrected chi connectivity index (χ0v) is 25.2. The molecule has 0 N–H and O–H groups in total. The highest BCUT2D eigenvalue weighted by atomic mass is 31.2. The molecule has 9 rings (SSSR count). The van der Waals surface area contributed by atoms with Crippen LogP contribution in [-0.4, -0.2) is 9.38 Å². The number of fused-ring (bicyclic) bond motifs is 9. The largest absolute Gasteiger partial charge is 0.309 e. The summed E-state index contributed by atoms with van der Waals surface area (Å²) in [5.41, 5.74) is 6.19. The average Bonchev–Trinajstić information content (AvgIpc) is 3.51. The van der Waals surface area contributed by atoms with Gasteiger partial charge in [-0.15, -0.1) is 0 Å². The molecule has 0 saturated heterocycles. The summed E-state index contributed by atoms with van der Waals surface area (Å²) in [6.45, 7) is 0. The van der Waals surface area contributed by atoms with Gasteiger partial charge in [0.25, 0.3) is 0 Å². The molecule has 2 heterocycles. The van der Waals surface area contributed by atoms with Crippen molar-refractivity contribution in [2.75, 3.05) is 0 Å². The van der Waals surface area contributed by atoms with E-state index in [0.717, 1.165) is 65.4 Å². The molecule has 45 heavy (non-hydrogen) atoms. The minimum Gasteiger partial charge on any atom is -0.309 e. The van der Waals surface area contributed by atoms with Crippen LogP contribution in [0.25, 0.3) is 60.3 Å². The van der Waals surface area contributed by atoms with Gasteiger partial charge in [0.1, 0.15) is 5.65 Å². The molecule has 9 aromatic rings. The van der Waals surface area contributed by atoms with E-state index in [4.69, 9.17) is 4.98 Å². The summed E-state index contributed by atoms with van der Waals surface area (Å²) < 4.78 is 17.9. The molecule has 2 aromatic heterocycles. The van der Waals surface area contributed by atoms with Crippen molar-refractivity contribution in [3.05, 3.63) is 164 Å². The smallest absolute Gasteiger partial charge is 0.171 e. The predicted molar refractivity (Wildman–Crippen MR) is 190 cm³/mol. The van der Waals surface area contributed by atoms with Crippen molar-refractivity contribution in [2.24, 2.45) is 0 Å². The van der Waals surface area contributed by atoms with Crippen LogP contribution in [0, 0.1) is 0 Å². The maximum atomic E-state index is 15.6. The standard InChI is InChI=1S/C41H27N2OP/c44-45(30-15-3-1-4-16-30,31-17-5-2-6-18-31)39-24-12-14-28-13-11-22-32(40(28)39)29-25-26-36-38(27-29)43-37-23-10-9-20-34(37)33-19-7-8-21-35(33)41(43)42-36/h1-27H. The summed E-state index contributed by atoms with van der Waals surface area (Å²) in [5, 5.41) is 8.11. The summed E-state index contributed by atoms with van der Waals surface area (Å²) in [7, 11) is -3.22. The summed E-state index contributed by atoms with van der Waals surface area (Å²) in [6.07, 6.45) is 0. The molecule has 0 bridgehead atoms. The highest BCUT2D eigenvalue weighted by molar-refractivity contribution is 7.85. The Balaban J connectivity index is 1.37. The Kier molecular flexibility index (Phi) is 5.78. The first-order valence-electron chi connectivity index (χ1n) is 15.2. The molecule has 212 valence electrons. The second-order valence-electron chi connectivity index (χ2n) is 11.5. The molecule has 0 aliphatic carbocycles. The average molecular weight is 595 g/mol. The molecular formula is C41H27N2OP. The fourth-order valence-corrected chi connectivity index (χ4v) is 9.90. The monoisotopic (exact) mass is 594 g/mol. The predicted octanol–water partition coefficient (Wildman–Crippen LogP) is 9.25. The van der Waals surface area contributed by atoms with E-state index in [2.05, 4.69) is 101 Å². The summed E-state index contributed by atoms with van der Waals surface area (Å²) in [5.74, 6) is 0. The second-order valence-corrected chi connectivity index (χ2v) is 14.2. The second kappa shape index (κ2) is 10.0. The van der Waals surface area contributed by atoms with E-state index in [1.54, 1.807) is 0 Å². The third kappa shape index (κ3) is 3.84. The number of para-hydroxylation sites is 1. The van der Waals surface area contributed by atoms with Gasteiger partial charge in [-0.3, -0.25) is 4.40 Å². The number of benzene rings is 7. The summed E-state index contributed by atoms with van der Waals surface area (Å²) in [6, 6.07) is 56.0. The van der Waals surface area contributed by atoms with Crippen molar-refractivity contribution in [3.8, 4) is 11.1 Å². The molecule has 0 aliphatic heterocycles. The van der Waals surface area contributed by atoms with Gasteiger partial charge >= 0.3 is 0 Å². The van der Waals surface area contributed by atoms with Gasteiger partial charge in [-0.1, -0.05) is 146 Å². The lowest BCUT2D eigenvalue weighted by Gasteiger charge is -2.23. The lowest BCUT2D eigenvalue weighted by atomic mass is 9.98. The third-order valence-corrected chi connectivity index (χ3v) is 12.1. The van der Waals surface area contributed by atoms with Gasteiger partial charge in [-0.05, 0) is 40.1 Å². The van der Waals surface area contributed by atoms with Crippen LogP contribution in [0.1, 0.15) is 0 Å². The number of hydrogen-bond acceptors (Lipinski definition) is 2. The molecule has 0 radical (unpaired) electrons. The van der Waals surface area contributed by atoms with Crippen LogP contribution in [0.5, 0.6) is 0 Å². The first-order valence-corrected chi connectivity index (χ1v) is 16.9. The Hall–Kier alpha value is -5.50. The van der Waals surface area contributed by atoms with Crippen LogP contribution in [-0.2, 0) is 4.57 Å². The van der Waals surface area contributed by atoms with Gasteiger partial charge in [0.15, 0.2) is 7.14 Å². The Morgan fingerprint density at radius 1 is 0.511 bits per heavy atom. The molecule has 7 aromatic carbocycles. The van der Waals surface area contributed by atoms with E-state index in [1.807, 2.05) is 66.7 Å². The van der Waals surface area contributed by atoms with Crippen LogP contribution < -0.4 is 15.9 Å². The van der Waals surface area contributed by atoms with Crippen LogP contribution in [0.2, 0.25) is 0 Å². The van der Waals surface area contributed by atoms with Crippen LogP contribution in [0.15, 0.2) is 164 Å². The Morgan fingerprint density at radius 2 is 1.13 bits per heavy atom. The van der Waals surface area contributed by atoms with Crippen molar-refractivity contribution in [1.82, 2.24) is 9.38 Å². The number of pyridine rings is 1. The van der Waals surface area contributed by atoms with Crippen LogP contribution in [0.3, 0.4) is 0 Å². The van der Waals surface area contributed by atoms with Gasteiger partial charge in [-0.2, -0.15) is 0 Å². The van der Waals surface area contributed by atoms with Gasteiger partial charge in [0.2, 0.25) is 0 Å². The fourth-order valence-electron chi connectivity index (χ4n) is 7.00. The first-order chi connectivity index (χ1) is 22.2. The number of imidazole rings is 1. The van der Waals surface area contributed by atoms with Crippen LogP contribution >= 0.6 is 7.14 Å². The van der Waals surface area contributed by atoms with Gasteiger partial charge in [0, 0.05) is 32.1 Å². The van der Waals surface area contributed by atoms with Gasteiger partial charge in [-0.25, -0.2) is 4.98 Å². The van der Waals surface area contributed by atoms with Crippen molar-refractivity contribution in [3.63, 3.8) is 0 Å². The maximum absolute atomic E-state index is 15.6. The van der Waals surface area contributed by atoms with E-state index in [0.29, 0.717) is 0 Å². The van der Waals surface area contributed by atoms with E-state index in [9.17, 15) is 0 Å². The zero-order chi connectivity index (χ0) is 30.0. The lowest BCUT2D eigenvalue weighted by Crippen LogP contribution is -2.25. The molecule has 0 spiro atoms. The van der Waals surface area contributed by atoms with E-state index in [-0.39, 0.29) is 0 Å². The molecule has 0 unspecified atom stereocenters. The number of nitrogens with zero attached hydrogens (tertiary/aromatic N) is 2. The Bertz CT molecular complexity index is 2580. The highest BCUT2D eigenvalue weighted by Gasteiger charge is 2.32. The topological polar surface area (TPSA) is 34.4 Å². The normalized spacial score (nSPS) is 12.1. The van der Waals surface area contributed by atoms with E-state index < -0.39 is 7.14 Å². The van der Waals surface area contributed by atoms with Crippen molar-refractivity contribution in [1.29, 1.82) is 0 Å².